The zero-order chi connectivity index (χ0) is 13.6. The summed E-state index contributed by atoms with van der Waals surface area (Å²) in [6, 6.07) is 1.71. The normalized spacial score (nSPS) is 11.4. The Hall–Kier alpha value is -1.44. The number of hydrogen-bond acceptors (Lipinski definition) is 7. The summed E-state index contributed by atoms with van der Waals surface area (Å²) in [6.07, 6.45) is 0.613. The van der Waals surface area contributed by atoms with Crippen molar-refractivity contribution >= 4 is 11.6 Å². The zero-order valence-electron chi connectivity index (χ0n) is 11.0. The van der Waals surface area contributed by atoms with Gasteiger partial charge in [0.05, 0.1) is 0 Å². The highest BCUT2D eigenvalue weighted by molar-refractivity contribution is 5.48. The molecular formula is C11H21N5O2. The molecule has 0 radical (unpaired) electrons. The molecule has 1 aromatic rings. The van der Waals surface area contributed by atoms with Crippen molar-refractivity contribution in [1.82, 2.24) is 9.97 Å². The summed E-state index contributed by atoms with van der Waals surface area (Å²) in [7, 11) is 1.58. The molecule has 0 amide bonds. The molecule has 0 bridgehead atoms. The van der Waals surface area contributed by atoms with Crippen LogP contribution in [0.1, 0.15) is 26.1 Å². The van der Waals surface area contributed by atoms with E-state index in [1.807, 2.05) is 13.8 Å². The van der Waals surface area contributed by atoms with Gasteiger partial charge in [-0.05, 0) is 20.3 Å². The van der Waals surface area contributed by atoms with E-state index < -0.39 is 0 Å². The number of aliphatic hydroxyl groups excluding tert-OH is 1. The summed E-state index contributed by atoms with van der Waals surface area (Å²) in [5, 5.41) is 12.2. The topological polar surface area (TPSA) is 105 Å². The SMILES string of the molecule is COCc1nc(NN)cc(NC(C)(C)CCO)n1. The smallest absolute Gasteiger partial charge is 0.158 e. The van der Waals surface area contributed by atoms with E-state index in [1.54, 1.807) is 13.2 Å². The van der Waals surface area contributed by atoms with Crippen LogP contribution in [0.2, 0.25) is 0 Å². The minimum atomic E-state index is -0.265. The predicted molar refractivity (Wildman–Crippen MR) is 70.0 cm³/mol. The van der Waals surface area contributed by atoms with Crippen LogP contribution in [0.25, 0.3) is 0 Å². The molecule has 1 rings (SSSR count). The Bertz CT molecular complexity index is 384. The third kappa shape index (κ3) is 4.44. The van der Waals surface area contributed by atoms with Gasteiger partial charge in [-0.1, -0.05) is 0 Å². The van der Waals surface area contributed by atoms with Crippen LogP contribution in [0.15, 0.2) is 6.07 Å². The largest absolute Gasteiger partial charge is 0.396 e. The van der Waals surface area contributed by atoms with Crippen LogP contribution in [-0.2, 0) is 11.3 Å². The minimum absolute atomic E-state index is 0.109. The number of hydrazine groups is 1. The summed E-state index contributed by atoms with van der Waals surface area (Å²) in [5.41, 5.74) is 2.22. The average Bonchev–Trinajstić information content (AvgIpc) is 2.28. The second kappa shape index (κ2) is 6.48. The van der Waals surface area contributed by atoms with E-state index in [4.69, 9.17) is 15.7 Å². The third-order valence-electron chi connectivity index (χ3n) is 2.40. The van der Waals surface area contributed by atoms with E-state index >= 15 is 0 Å². The van der Waals surface area contributed by atoms with Crippen molar-refractivity contribution in [3.05, 3.63) is 11.9 Å². The molecule has 7 heteroatoms. The van der Waals surface area contributed by atoms with Gasteiger partial charge in [0.2, 0.25) is 0 Å². The number of methoxy groups -OCH3 is 1. The number of ether oxygens (including phenoxy) is 1. The molecule has 1 heterocycles. The van der Waals surface area contributed by atoms with Gasteiger partial charge in [-0.15, -0.1) is 0 Å². The monoisotopic (exact) mass is 255 g/mol. The first kappa shape index (κ1) is 14.6. The van der Waals surface area contributed by atoms with Gasteiger partial charge >= 0.3 is 0 Å². The number of anilines is 2. The number of nitrogens with two attached hydrogens (primary N) is 1. The molecule has 0 atom stereocenters. The van der Waals surface area contributed by atoms with Gasteiger partial charge in [-0.2, -0.15) is 0 Å². The highest BCUT2D eigenvalue weighted by Crippen LogP contribution is 2.18. The lowest BCUT2D eigenvalue weighted by Gasteiger charge is -2.26. The summed E-state index contributed by atoms with van der Waals surface area (Å²) < 4.78 is 5.00. The predicted octanol–water partition coefficient (Wildman–Crippen LogP) is 0.481. The number of hydrogen-bond donors (Lipinski definition) is 4. The van der Waals surface area contributed by atoms with E-state index in [1.165, 1.54) is 0 Å². The zero-order valence-corrected chi connectivity index (χ0v) is 11.0. The Morgan fingerprint density at radius 1 is 1.39 bits per heavy atom. The Balaban J connectivity index is 2.90. The molecule has 0 unspecified atom stereocenters. The van der Waals surface area contributed by atoms with Crippen molar-refractivity contribution in [2.75, 3.05) is 24.5 Å². The van der Waals surface area contributed by atoms with Crippen LogP contribution >= 0.6 is 0 Å². The lowest BCUT2D eigenvalue weighted by atomic mass is 10.0. The summed E-state index contributed by atoms with van der Waals surface area (Å²) in [4.78, 5) is 8.47. The lowest BCUT2D eigenvalue weighted by molar-refractivity contribution is 0.178. The Morgan fingerprint density at radius 3 is 2.61 bits per heavy atom. The van der Waals surface area contributed by atoms with Crippen LogP contribution in [0.5, 0.6) is 0 Å². The highest BCUT2D eigenvalue weighted by atomic mass is 16.5. The highest BCUT2D eigenvalue weighted by Gasteiger charge is 2.18. The molecule has 0 fully saturated rings. The molecule has 102 valence electrons. The van der Waals surface area contributed by atoms with Gasteiger partial charge in [0.25, 0.3) is 0 Å². The van der Waals surface area contributed by atoms with Crippen LogP contribution in [0.3, 0.4) is 0 Å². The van der Waals surface area contributed by atoms with E-state index in [-0.39, 0.29) is 12.1 Å². The van der Waals surface area contributed by atoms with Crippen LogP contribution in [0, 0.1) is 0 Å². The fourth-order valence-electron chi connectivity index (χ4n) is 1.52. The maximum absolute atomic E-state index is 8.99. The van der Waals surface area contributed by atoms with Crippen molar-refractivity contribution < 1.29 is 9.84 Å². The molecule has 18 heavy (non-hydrogen) atoms. The molecule has 0 aliphatic heterocycles. The number of nitrogens with zero attached hydrogens (tertiary/aromatic N) is 2. The molecule has 0 aromatic carbocycles. The van der Waals surface area contributed by atoms with Gasteiger partial charge in [-0.25, -0.2) is 15.8 Å². The standard InChI is InChI=1S/C11H21N5O2/c1-11(2,4-5-17)15-8-6-9(16-12)14-10(13-8)7-18-3/h6,17H,4-5,7,12H2,1-3H3,(H2,13,14,15,16). The second-order valence-electron chi connectivity index (χ2n) is 4.61. The second-order valence-corrected chi connectivity index (χ2v) is 4.61. The molecule has 0 saturated carbocycles. The Labute approximate surface area is 107 Å². The number of nitrogen functional groups attached to an aromatic ring is 1. The maximum Gasteiger partial charge on any atom is 0.158 e. The van der Waals surface area contributed by atoms with E-state index in [0.29, 0.717) is 30.5 Å². The van der Waals surface area contributed by atoms with Crippen molar-refractivity contribution in [2.24, 2.45) is 5.84 Å². The number of aromatic nitrogens is 2. The Morgan fingerprint density at radius 2 is 2.06 bits per heavy atom. The van der Waals surface area contributed by atoms with E-state index in [0.717, 1.165) is 0 Å². The third-order valence-corrected chi connectivity index (χ3v) is 2.40. The van der Waals surface area contributed by atoms with Crippen LogP contribution < -0.4 is 16.6 Å². The van der Waals surface area contributed by atoms with Gasteiger partial charge < -0.3 is 20.6 Å². The number of aliphatic hydroxyl groups is 1. The van der Waals surface area contributed by atoms with Crippen LogP contribution in [0.4, 0.5) is 11.6 Å². The number of nitrogens with one attached hydrogen (secondary N) is 2. The van der Waals surface area contributed by atoms with Crippen molar-refractivity contribution in [2.45, 2.75) is 32.4 Å². The van der Waals surface area contributed by atoms with E-state index in [2.05, 4.69) is 20.7 Å². The van der Waals surface area contributed by atoms with E-state index in [9.17, 15) is 0 Å². The molecule has 7 nitrogen and oxygen atoms in total. The first-order valence-corrected chi connectivity index (χ1v) is 5.73. The molecular weight excluding hydrogens is 234 g/mol. The molecule has 0 aliphatic carbocycles. The quantitative estimate of drug-likeness (QED) is 0.415. The summed E-state index contributed by atoms with van der Waals surface area (Å²) >= 11 is 0. The molecule has 5 N–H and O–H groups in total. The Kier molecular flexibility index (Phi) is 5.26. The van der Waals surface area contributed by atoms with Gasteiger partial charge in [0.15, 0.2) is 5.82 Å². The van der Waals surface area contributed by atoms with Crippen molar-refractivity contribution in [3.63, 3.8) is 0 Å². The number of rotatable bonds is 7. The summed E-state index contributed by atoms with van der Waals surface area (Å²) in [6.45, 7) is 4.39. The fraction of sp³-hybridized carbons (Fsp3) is 0.636. The molecule has 0 saturated heterocycles. The van der Waals surface area contributed by atoms with Gasteiger partial charge in [-0.3, -0.25) is 0 Å². The lowest BCUT2D eigenvalue weighted by Crippen LogP contribution is -2.32. The summed E-state index contributed by atoms with van der Waals surface area (Å²) in [5.74, 6) is 7.05. The van der Waals surface area contributed by atoms with Gasteiger partial charge in [0.1, 0.15) is 18.2 Å². The average molecular weight is 255 g/mol. The maximum atomic E-state index is 8.99. The fourth-order valence-corrected chi connectivity index (χ4v) is 1.52. The van der Waals surface area contributed by atoms with Crippen molar-refractivity contribution in [3.8, 4) is 0 Å². The van der Waals surface area contributed by atoms with Crippen molar-refractivity contribution in [1.29, 1.82) is 0 Å². The molecule has 1 aromatic heterocycles. The van der Waals surface area contributed by atoms with Gasteiger partial charge in [0, 0.05) is 25.3 Å². The molecule has 0 aliphatic rings. The van der Waals surface area contributed by atoms with Crippen LogP contribution in [-0.4, -0.2) is 34.3 Å². The first-order chi connectivity index (χ1) is 8.50. The minimum Gasteiger partial charge on any atom is -0.396 e. The molecule has 0 spiro atoms. The first-order valence-electron chi connectivity index (χ1n) is 5.73.